The summed E-state index contributed by atoms with van der Waals surface area (Å²) in [7, 11) is 0. The first-order valence-electron chi connectivity index (χ1n) is 6.66. The van der Waals surface area contributed by atoms with Gasteiger partial charge in [-0.1, -0.05) is 41.9 Å². The average Bonchev–Trinajstić information content (AvgIpc) is 2.95. The first kappa shape index (κ1) is 14.5. The third kappa shape index (κ3) is 2.93. The lowest BCUT2D eigenvalue weighted by atomic mass is 10.1. The number of benzene rings is 1. The SMILES string of the molecule is O=C(NO)C(Cc1ccccc1)n1cc2nc(Cl)ccc2n1. The Bertz CT molecular complexity index is 804. The normalized spacial score (nSPS) is 12.3. The van der Waals surface area contributed by atoms with E-state index in [0.29, 0.717) is 22.6 Å². The highest BCUT2D eigenvalue weighted by Crippen LogP contribution is 2.19. The van der Waals surface area contributed by atoms with Crippen molar-refractivity contribution < 1.29 is 10.0 Å². The third-order valence-corrected chi connectivity index (χ3v) is 3.56. The van der Waals surface area contributed by atoms with E-state index >= 15 is 0 Å². The van der Waals surface area contributed by atoms with Gasteiger partial charge in [0.2, 0.25) is 0 Å². The van der Waals surface area contributed by atoms with Crippen LogP contribution in [0.5, 0.6) is 0 Å². The maximum absolute atomic E-state index is 12.0. The highest BCUT2D eigenvalue weighted by atomic mass is 35.5. The highest BCUT2D eigenvalue weighted by molar-refractivity contribution is 6.29. The molecule has 0 aliphatic heterocycles. The Morgan fingerprint density at radius 3 is 2.73 bits per heavy atom. The molecule has 112 valence electrons. The van der Waals surface area contributed by atoms with Gasteiger partial charge in [-0.25, -0.2) is 10.5 Å². The molecule has 22 heavy (non-hydrogen) atoms. The van der Waals surface area contributed by atoms with Crippen molar-refractivity contribution in [2.75, 3.05) is 0 Å². The Morgan fingerprint density at radius 2 is 2.00 bits per heavy atom. The number of amides is 1. The van der Waals surface area contributed by atoms with Crippen molar-refractivity contribution in [3.63, 3.8) is 0 Å². The molecule has 7 heteroatoms. The first-order valence-corrected chi connectivity index (χ1v) is 7.04. The molecule has 0 aliphatic carbocycles. The smallest absolute Gasteiger partial charge is 0.268 e. The molecule has 2 aromatic heterocycles. The fourth-order valence-electron chi connectivity index (χ4n) is 2.28. The summed E-state index contributed by atoms with van der Waals surface area (Å²) in [4.78, 5) is 16.2. The molecule has 1 unspecified atom stereocenters. The zero-order valence-electron chi connectivity index (χ0n) is 11.5. The van der Waals surface area contributed by atoms with E-state index in [4.69, 9.17) is 16.8 Å². The number of hydrogen-bond acceptors (Lipinski definition) is 4. The van der Waals surface area contributed by atoms with Crippen molar-refractivity contribution >= 4 is 28.5 Å². The van der Waals surface area contributed by atoms with Crippen molar-refractivity contribution in [3.8, 4) is 0 Å². The van der Waals surface area contributed by atoms with Crippen LogP contribution in [0.3, 0.4) is 0 Å². The Balaban J connectivity index is 1.98. The second kappa shape index (κ2) is 6.13. The number of hydrogen-bond donors (Lipinski definition) is 2. The molecular formula is C15H13ClN4O2. The summed E-state index contributed by atoms with van der Waals surface area (Å²) in [5, 5.41) is 13.7. The Morgan fingerprint density at radius 1 is 1.23 bits per heavy atom. The van der Waals surface area contributed by atoms with Crippen molar-refractivity contribution in [2.24, 2.45) is 0 Å². The Labute approximate surface area is 131 Å². The first-order chi connectivity index (χ1) is 10.7. The van der Waals surface area contributed by atoms with E-state index in [1.54, 1.807) is 23.8 Å². The molecule has 1 amide bonds. The third-order valence-electron chi connectivity index (χ3n) is 3.35. The summed E-state index contributed by atoms with van der Waals surface area (Å²) in [6.07, 6.45) is 2.04. The molecule has 0 radical (unpaired) electrons. The van der Waals surface area contributed by atoms with Crippen LogP contribution in [0.15, 0.2) is 48.7 Å². The van der Waals surface area contributed by atoms with Crippen LogP contribution in [0.25, 0.3) is 11.0 Å². The maximum atomic E-state index is 12.0. The molecule has 0 fully saturated rings. The molecule has 0 saturated heterocycles. The van der Waals surface area contributed by atoms with Gasteiger partial charge in [0.25, 0.3) is 5.91 Å². The zero-order chi connectivity index (χ0) is 15.5. The van der Waals surface area contributed by atoms with Gasteiger partial charge in [-0.2, -0.15) is 5.10 Å². The van der Waals surface area contributed by atoms with Gasteiger partial charge in [0.15, 0.2) is 0 Å². The van der Waals surface area contributed by atoms with Crippen molar-refractivity contribution in [3.05, 3.63) is 59.4 Å². The highest BCUT2D eigenvalue weighted by Gasteiger charge is 2.22. The van der Waals surface area contributed by atoms with Gasteiger partial charge in [-0.3, -0.25) is 14.7 Å². The fraction of sp³-hybridized carbons (Fsp3) is 0.133. The van der Waals surface area contributed by atoms with Gasteiger partial charge in [-0.15, -0.1) is 0 Å². The molecule has 6 nitrogen and oxygen atoms in total. The van der Waals surface area contributed by atoms with Gasteiger partial charge < -0.3 is 0 Å². The molecule has 0 aliphatic rings. The van der Waals surface area contributed by atoms with E-state index in [9.17, 15) is 4.79 Å². The second-order valence-corrected chi connectivity index (χ2v) is 5.22. The van der Waals surface area contributed by atoms with E-state index in [1.807, 2.05) is 30.3 Å². The summed E-state index contributed by atoms with van der Waals surface area (Å²) in [6.45, 7) is 0. The molecular weight excluding hydrogens is 304 g/mol. The molecule has 2 heterocycles. The number of hydroxylamine groups is 1. The molecule has 1 aromatic carbocycles. The van der Waals surface area contributed by atoms with E-state index in [-0.39, 0.29) is 0 Å². The predicted octanol–water partition coefficient (Wildman–Crippen LogP) is 2.37. The van der Waals surface area contributed by atoms with Crippen LogP contribution in [0, 0.1) is 0 Å². The molecule has 3 aromatic rings. The van der Waals surface area contributed by atoms with Crippen LogP contribution >= 0.6 is 11.6 Å². The number of pyridine rings is 1. The van der Waals surface area contributed by atoms with Gasteiger partial charge in [-0.05, 0) is 17.7 Å². The predicted molar refractivity (Wildman–Crippen MR) is 81.7 cm³/mol. The average molecular weight is 317 g/mol. The number of carbonyl (C=O) groups excluding carboxylic acids is 1. The lowest BCUT2D eigenvalue weighted by molar-refractivity contribution is -0.132. The fourth-order valence-corrected chi connectivity index (χ4v) is 2.43. The van der Waals surface area contributed by atoms with Crippen molar-refractivity contribution in [2.45, 2.75) is 12.5 Å². The number of rotatable bonds is 4. The number of aromatic nitrogens is 3. The van der Waals surface area contributed by atoms with E-state index in [0.717, 1.165) is 5.56 Å². The van der Waals surface area contributed by atoms with E-state index in [2.05, 4.69) is 10.1 Å². The van der Waals surface area contributed by atoms with Crippen LogP contribution in [-0.2, 0) is 11.2 Å². The second-order valence-electron chi connectivity index (χ2n) is 4.83. The minimum Gasteiger partial charge on any atom is -0.289 e. The van der Waals surface area contributed by atoms with Crippen LogP contribution in [0.1, 0.15) is 11.6 Å². The largest absolute Gasteiger partial charge is 0.289 e. The van der Waals surface area contributed by atoms with E-state index in [1.165, 1.54) is 4.68 Å². The molecule has 2 N–H and O–H groups in total. The summed E-state index contributed by atoms with van der Waals surface area (Å²) in [5.41, 5.74) is 3.88. The summed E-state index contributed by atoms with van der Waals surface area (Å²) < 4.78 is 1.49. The molecule has 0 spiro atoms. The zero-order valence-corrected chi connectivity index (χ0v) is 12.2. The lowest BCUT2D eigenvalue weighted by Crippen LogP contribution is -2.32. The number of nitrogens with one attached hydrogen (secondary N) is 1. The minimum atomic E-state index is -0.680. The van der Waals surface area contributed by atoms with Gasteiger partial charge in [0.05, 0.1) is 6.20 Å². The van der Waals surface area contributed by atoms with Crippen LogP contribution < -0.4 is 5.48 Å². The molecule has 3 rings (SSSR count). The molecule has 1 atom stereocenters. The maximum Gasteiger partial charge on any atom is 0.268 e. The number of carbonyl (C=O) groups is 1. The summed E-state index contributed by atoms with van der Waals surface area (Å²) in [5.74, 6) is -0.539. The minimum absolute atomic E-state index is 0.360. The number of fused-ring (bicyclic) bond motifs is 1. The summed E-state index contributed by atoms with van der Waals surface area (Å²) in [6, 6.07) is 12.2. The van der Waals surface area contributed by atoms with Gasteiger partial charge >= 0.3 is 0 Å². The van der Waals surface area contributed by atoms with Crippen LogP contribution in [0.4, 0.5) is 0 Å². The number of nitrogens with zero attached hydrogens (tertiary/aromatic N) is 3. The summed E-state index contributed by atoms with van der Waals surface area (Å²) >= 11 is 5.86. The quantitative estimate of drug-likeness (QED) is 0.440. The van der Waals surface area contributed by atoms with Crippen LogP contribution in [-0.4, -0.2) is 25.9 Å². The Kier molecular flexibility index (Phi) is 4.04. The van der Waals surface area contributed by atoms with Crippen LogP contribution in [0.2, 0.25) is 5.15 Å². The van der Waals surface area contributed by atoms with Gasteiger partial charge in [0, 0.05) is 6.42 Å². The lowest BCUT2D eigenvalue weighted by Gasteiger charge is -2.15. The topological polar surface area (TPSA) is 80.0 Å². The van der Waals surface area contributed by atoms with E-state index < -0.39 is 11.9 Å². The number of halogens is 1. The Hall–Kier alpha value is -2.44. The standard InChI is InChI=1S/C15H13ClN4O2/c16-14-7-6-11-12(17-14)9-20(18-11)13(15(21)19-22)8-10-4-2-1-3-5-10/h1-7,9,13,22H,8H2,(H,19,21). The molecule has 0 bridgehead atoms. The monoisotopic (exact) mass is 316 g/mol. The van der Waals surface area contributed by atoms with Crippen molar-refractivity contribution in [1.82, 2.24) is 20.2 Å². The molecule has 0 saturated carbocycles. The van der Waals surface area contributed by atoms with Gasteiger partial charge in [0.1, 0.15) is 22.2 Å². The van der Waals surface area contributed by atoms with Crippen molar-refractivity contribution in [1.29, 1.82) is 0 Å².